The van der Waals surface area contributed by atoms with Gasteiger partial charge in [0.25, 0.3) is 0 Å². The van der Waals surface area contributed by atoms with Gasteiger partial charge in [0.2, 0.25) is 0 Å². The van der Waals surface area contributed by atoms with Gasteiger partial charge in [-0.15, -0.1) is 0 Å². The number of hydrogen-bond acceptors (Lipinski definition) is 2. The van der Waals surface area contributed by atoms with Crippen LogP contribution in [0.5, 0.6) is 0 Å². The van der Waals surface area contributed by atoms with Gasteiger partial charge in [-0.1, -0.05) is 42.5 Å². The lowest BCUT2D eigenvalue weighted by atomic mass is 10.1. The van der Waals surface area contributed by atoms with Gasteiger partial charge in [0, 0.05) is 19.6 Å². The zero-order chi connectivity index (χ0) is 13.0. The Morgan fingerprint density at radius 3 is 2.33 bits per heavy atom. The largest absolute Gasteiger partial charge is 0.370 e. The molecule has 0 aliphatic rings. The van der Waals surface area contributed by atoms with Gasteiger partial charge in [-0.05, 0) is 17.7 Å². The van der Waals surface area contributed by atoms with E-state index in [1.54, 1.807) is 12.1 Å². The predicted octanol–water partition coefficient (Wildman–Crippen LogP) is 2.96. The fourth-order valence-electron chi connectivity index (χ4n) is 1.96. The first kappa shape index (κ1) is 12.6. The predicted molar refractivity (Wildman–Crippen MR) is 73.0 cm³/mol. The van der Waals surface area contributed by atoms with Gasteiger partial charge in [-0.3, -0.25) is 0 Å². The first-order valence-electron chi connectivity index (χ1n) is 5.94. The smallest absolute Gasteiger partial charge is 0.146 e. The van der Waals surface area contributed by atoms with Gasteiger partial charge in [-0.25, -0.2) is 4.39 Å². The molecule has 0 fully saturated rings. The minimum atomic E-state index is -0.222. The SMILES string of the molecule is CN(CC(N)c1ccccc1)c1ccccc1F. The molecule has 0 aromatic heterocycles. The highest BCUT2D eigenvalue weighted by molar-refractivity contribution is 5.47. The molecule has 2 rings (SSSR count). The van der Waals surface area contributed by atoms with E-state index in [-0.39, 0.29) is 11.9 Å². The molecule has 2 aromatic rings. The Morgan fingerprint density at radius 1 is 1.06 bits per heavy atom. The summed E-state index contributed by atoms with van der Waals surface area (Å²) in [6.07, 6.45) is 0. The molecule has 94 valence electrons. The van der Waals surface area contributed by atoms with Gasteiger partial charge < -0.3 is 10.6 Å². The van der Waals surface area contributed by atoms with Crippen LogP contribution >= 0.6 is 0 Å². The van der Waals surface area contributed by atoms with Crippen LogP contribution in [0.15, 0.2) is 54.6 Å². The van der Waals surface area contributed by atoms with Crippen LogP contribution in [0.4, 0.5) is 10.1 Å². The van der Waals surface area contributed by atoms with E-state index < -0.39 is 0 Å². The van der Waals surface area contributed by atoms with E-state index >= 15 is 0 Å². The van der Waals surface area contributed by atoms with Gasteiger partial charge in [0.1, 0.15) is 5.82 Å². The van der Waals surface area contributed by atoms with Crippen molar-refractivity contribution >= 4 is 5.69 Å². The summed E-state index contributed by atoms with van der Waals surface area (Å²) in [6, 6.07) is 16.4. The van der Waals surface area contributed by atoms with Crippen molar-refractivity contribution in [3.05, 3.63) is 66.0 Å². The van der Waals surface area contributed by atoms with Crippen LogP contribution < -0.4 is 10.6 Å². The van der Waals surface area contributed by atoms with Crippen LogP contribution in [0, 0.1) is 5.82 Å². The molecule has 3 heteroatoms. The molecule has 0 saturated heterocycles. The number of nitrogens with two attached hydrogens (primary N) is 1. The monoisotopic (exact) mass is 244 g/mol. The number of halogens is 1. The lowest BCUT2D eigenvalue weighted by molar-refractivity contribution is 0.614. The highest BCUT2D eigenvalue weighted by Crippen LogP contribution is 2.19. The van der Waals surface area contributed by atoms with Crippen molar-refractivity contribution in [2.45, 2.75) is 6.04 Å². The summed E-state index contributed by atoms with van der Waals surface area (Å²) in [7, 11) is 1.85. The molecule has 18 heavy (non-hydrogen) atoms. The number of para-hydroxylation sites is 1. The average Bonchev–Trinajstić information content (AvgIpc) is 2.40. The van der Waals surface area contributed by atoms with E-state index in [2.05, 4.69) is 0 Å². The van der Waals surface area contributed by atoms with Crippen molar-refractivity contribution in [3.8, 4) is 0 Å². The van der Waals surface area contributed by atoms with Crippen LogP contribution in [0.25, 0.3) is 0 Å². The number of benzene rings is 2. The summed E-state index contributed by atoms with van der Waals surface area (Å²) in [5, 5.41) is 0. The Morgan fingerprint density at radius 2 is 1.67 bits per heavy atom. The lowest BCUT2D eigenvalue weighted by Gasteiger charge is -2.24. The molecule has 0 saturated carbocycles. The molecule has 2 aromatic carbocycles. The molecule has 0 aliphatic carbocycles. The summed E-state index contributed by atoms with van der Waals surface area (Å²) in [5.41, 5.74) is 7.75. The lowest BCUT2D eigenvalue weighted by Crippen LogP contribution is -2.29. The van der Waals surface area contributed by atoms with Crippen molar-refractivity contribution in [2.24, 2.45) is 5.73 Å². The molecule has 0 radical (unpaired) electrons. The first-order chi connectivity index (χ1) is 8.68. The molecule has 0 heterocycles. The van der Waals surface area contributed by atoms with Crippen LogP contribution in [0.3, 0.4) is 0 Å². The zero-order valence-corrected chi connectivity index (χ0v) is 10.4. The maximum atomic E-state index is 13.6. The van der Waals surface area contributed by atoms with E-state index in [0.717, 1.165) is 5.56 Å². The third kappa shape index (κ3) is 2.87. The molecule has 0 bridgehead atoms. The number of rotatable bonds is 4. The summed E-state index contributed by atoms with van der Waals surface area (Å²) < 4.78 is 13.6. The van der Waals surface area contributed by atoms with Crippen LogP contribution in [0.1, 0.15) is 11.6 Å². The van der Waals surface area contributed by atoms with Crippen molar-refractivity contribution < 1.29 is 4.39 Å². The summed E-state index contributed by atoms with van der Waals surface area (Å²) in [4.78, 5) is 1.84. The van der Waals surface area contributed by atoms with Crippen molar-refractivity contribution in [2.75, 3.05) is 18.5 Å². The van der Waals surface area contributed by atoms with E-state index in [4.69, 9.17) is 5.73 Å². The maximum absolute atomic E-state index is 13.6. The van der Waals surface area contributed by atoms with Gasteiger partial charge in [0.05, 0.1) is 5.69 Å². The Bertz CT molecular complexity index is 499. The van der Waals surface area contributed by atoms with E-state index in [0.29, 0.717) is 12.2 Å². The Hall–Kier alpha value is -1.87. The quantitative estimate of drug-likeness (QED) is 0.896. The third-order valence-corrected chi connectivity index (χ3v) is 2.96. The molecule has 1 unspecified atom stereocenters. The standard InChI is InChI=1S/C15H17FN2/c1-18(15-10-6-5-9-13(15)16)11-14(17)12-7-3-2-4-8-12/h2-10,14H,11,17H2,1H3. The second-order valence-electron chi connectivity index (χ2n) is 4.35. The van der Waals surface area contributed by atoms with E-state index in [1.165, 1.54) is 6.07 Å². The highest BCUT2D eigenvalue weighted by atomic mass is 19.1. The molecule has 0 aliphatic heterocycles. The van der Waals surface area contributed by atoms with Crippen molar-refractivity contribution in [1.82, 2.24) is 0 Å². The topological polar surface area (TPSA) is 29.3 Å². The summed E-state index contributed by atoms with van der Waals surface area (Å²) in [5.74, 6) is -0.222. The first-order valence-corrected chi connectivity index (χ1v) is 5.94. The molecular weight excluding hydrogens is 227 g/mol. The minimum Gasteiger partial charge on any atom is -0.370 e. The fraction of sp³-hybridized carbons (Fsp3) is 0.200. The third-order valence-electron chi connectivity index (χ3n) is 2.96. The zero-order valence-electron chi connectivity index (χ0n) is 10.4. The Labute approximate surface area is 107 Å². The molecule has 1 atom stereocenters. The highest BCUT2D eigenvalue weighted by Gasteiger charge is 2.11. The number of anilines is 1. The number of nitrogens with zero attached hydrogens (tertiary/aromatic N) is 1. The Kier molecular flexibility index (Phi) is 3.95. The van der Waals surface area contributed by atoms with Gasteiger partial charge >= 0.3 is 0 Å². The second kappa shape index (κ2) is 5.65. The molecule has 0 spiro atoms. The molecule has 2 N–H and O–H groups in total. The van der Waals surface area contributed by atoms with E-state index in [9.17, 15) is 4.39 Å². The molecule has 0 amide bonds. The van der Waals surface area contributed by atoms with Gasteiger partial charge in [-0.2, -0.15) is 0 Å². The second-order valence-corrected chi connectivity index (χ2v) is 4.35. The van der Waals surface area contributed by atoms with Crippen molar-refractivity contribution in [1.29, 1.82) is 0 Å². The number of likely N-dealkylation sites (N-methyl/N-ethyl adjacent to an activating group) is 1. The normalized spacial score (nSPS) is 12.2. The van der Waals surface area contributed by atoms with Crippen molar-refractivity contribution in [3.63, 3.8) is 0 Å². The summed E-state index contributed by atoms with van der Waals surface area (Å²) >= 11 is 0. The van der Waals surface area contributed by atoms with E-state index in [1.807, 2.05) is 48.3 Å². The summed E-state index contributed by atoms with van der Waals surface area (Å²) in [6.45, 7) is 0.574. The average molecular weight is 244 g/mol. The van der Waals surface area contributed by atoms with Gasteiger partial charge in [0.15, 0.2) is 0 Å². The van der Waals surface area contributed by atoms with Crippen LogP contribution in [-0.2, 0) is 0 Å². The minimum absolute atomic E-state index is 0.129. The van der Waals surface area contributed by atoms with Crippen LogP contribution in [-0.4, -0.2) is 13.6 Å². The molecular formula is C15H17FN2. The fourth-order valence-corrected chi connectivity index (χ4v) is 1.96. The Balaban J connectivity index is 2.08. The maximum Gasteiger partial charge on any atom is 0.146 e. The molecule has 2 nitrogen and oxygen atoms in total. The number of hydrogen-bond donors (Lipinski definition) is 1. The van der Waals surface area contributed by atoms with Crippen LogP contribution in [0.2, 0.25) is 0 Å².